The molecule has 1 fully saturated rings. The first-order chi connectivity index (χ1) is 9.13. The van der Waals surface area contributed by atoms with Crippen molar-refractivity contribution >= 4 is 11.0 Å². The van der Waals surface area contributed by atoms with Crippen molar-refractivity contribution in [3.8, 4) is 5.88 Å². The monoisotopic (exact) mass is 265 g/mol. The van der Waals surface area contributed by atoms with Crippen molar-refractivity contribution < 1.29 is 20.4 Å². The van der Waals surface area contributed by atoms with Gasteiger partial charge in [-0.25, -0.2) is 9.97 Å². The number of aromatic hydroxyl groups is 1. The Morgan fingerprint density at radius 1 is 1.26 bits per heavy atom. The standard InChI is InChI=1S/C12H15N3O4/c16-3-5-1-6(11(18)10(5)17)7-2-13-9-8(7)14-4-15-12(9)19/h2,4-6,10-11,13,16-18H,1,3H2,(H,14,15,19)/t5-,6+,10?,11?/m1/s1. The van der Waals surface area contributed by atoms with E-state index in [4.69, 9.17) is 0 Å². The number of aliphatic hydroxyl groups is 3. The van der Waals surface area contributed by atoms with Crippen LogP contribution >= 0.6 is 0 Å². The number of aliphatic hydroxyl groups excluding tert-OH is 3. The van der Waals surface area contributed by atoms with Crippen LogP contribution in [0.1, 0.15) is 17.9 Å². The van der Waals surface area contributed by atoms with Gasteiger partial charge in [0.05, 0.1) is 17.7 Å². The number of hydrogen-bond donors (Lipinski definition) is 5. The molecule has 0 spiro atoms. The van der Waals surface area contributed by atoms with E-state index in [0.717, 1.165) is 5.56 Å². The first-order valence-corrected chi connectivity index (χ1v) is 6.11. The minimum absolute atomic E-state index is 0.150. The van der Waals surface area contributed by atoms with Gasteiger partial charge < -0.3 is 25.4 Å². The fourth-order valence-electron chi connectivity index (χ4n) is 2.84. The summed E-state index contributed by atoms with van der Waals surface area (Å²) in [4.78, 5) is 10.6. The van der Waals surface area contributed by atoms with E-state index in [1.165, 1.54) is 6.33 Å². The van der Waals surface area contributed by atoms with Crippen LogP contribution in [0.25, 0.3) is 11.0 Å². The Labute approximate surface area is 108 Å². The molecule has 7 nitrogen and oxygen atoms in total. The van der Waals surface area contributed by atoms with Crippen LogP contribution in [0.3, 0.4) is 0 Å². The highest BCUT2D eigenvalue weighted by atomic mass is 16.3. The van der Waals surface area contributed by atoms with E-state index in [-0.39, 0.29) is 24.3 Å². The SMILES string of the molecule is OC[C@H]1C[C@@H](c2c[nH]c3c(O)ncnc23)C(O)C1O. The maximum Gasteiger partial charge on any atom is 0.239 e. The third-order valence-corrected chi connectivity index (χ3v) is 3.91. The third-order valence-electron chi connectivity index (χ3n) is 3.91. The lowest BCUT2D eigenvalue weighted by molar-refractivity contribution is 0.00241. The third kappa shape index (κ3) is 1.78. The molecule has 102 valence electrons. The van der Waals surface area contributed by atoms with Crippen molar-refractivity contribution in [1.82, 2.24) is 15.0 Å². The van der Waals surface area contributed by atoms with Gasteiger partial charge in [0.25, 0.3) is 0 Å². The molecule has 19 heavy (non-hydrogen) atoms. The Hall–Kier alpha value is -1.70. The quantitative estimate of drug-likeness (QED) is 0.498. The van der Waals surface area contributed by atoms with Crippen LogP contribution in [-0.2, 0) is 0 Å². The lowest BCUT2D eigenvalue weighted by Crippen LogP contribution is -2.28. The van der Waals surface area contributed by atoms with Crippen LogP contribution in [0.5, 0.6) is 5.88 Å². The summed E-state index contributed by atoms with van der Waals surface area (Å²) in [5.74, 6) is -0.821. The molecule has 1 saturated carbocycles. The van der Waals surface area contributed by atoms with Crippen molar-refractivity contribution in [1.29, 1.82) is 0 Å². The lowest BCUT2D eigenvalue weighted by Gasteiger charge is -2.15. The number of H-pyrrole nitrogens is 1. The average Bonchev–Trinajstić information content (AvgIpc) is 2.94. The molecule has 4 atom stereocenters. The van der Waals surface area contributed by atoms with Crippen LogP contribution in [0.4, 0.5) is 0 Å². The summed E-state index contributed by atoms with van der Waals surface area (Å²) >= 11 is 0. The first-order valence-electron chi connectivity index (χ1n) is 6.11. The number of rotatable bonds is 2. The highest BCUT2D eigenvalue weighted by Crippen LogP contribution is 2.41. The van der Waals surface area contributed by atoms with E-state index in [0.29, 0.717) is 17.5 Å². The van der Waals surface area contributed by atoms with E-state index in [9.17, 15) is 20.4 Å². The summed E-state index contributed by atoms with van der Waals surface area (Å²) in [5.41, 5.74) is 1.66. The number of aromatic nitrogens is 3. The molecule has 0 saturated heterocycles. The Morgan fingerprint density at radius 3 is 2.74 bits per heavy atom. The van der Waals surface area contributed by atoms with Crippen LogP contribution in [0, 0.1) is 5.92 Å². The van der Waals surface area contributed by atoms with E-state index < -0.39 is 12.2 Å². The predicted octanol–water partition coefficient (Wildman–Crippen LogP) is -0.519. The van der Waals surface area contributed by atoms with E-state index in [1.807, 2.05) is 0 Å². The second kappa shape index (κ2) is 4.44. The molecule has 1 aliphatic rings. The molecule has 2 heterocycles. The van der Waals surface area contributed by atoms with Crippen molar-refractivity contribution in [2.45, 2.75) is 24.5 Å². The Balaban J connectivity index is 2.04. The lowest BCUT2D eigenvalue weighted by atomic mass is 9.96. The van der Waals surface area contributed by atoms with E-state index in [1.54, 1.807) is 6.20 Å². The summed E-state index contributed by atoms with van der Waals surface area (Å²) in [6, 6.07) is 0. The number of nitrogens with one attached hydrogen (secondary N) is 1. The van der Waals surface area contributed by atoms with E-state index >= 15 is 0 Å². The van der Waals surface area contributed by atoms with Gasteiger partial charge in [-0.1, -0.05) is 0 Å². The number of fused-ring (bicyclic) bond motifs is 1. The van der Waals surface area contributed by atoms with Gasteiger partial charge >= 0.3 is 0 Å². The number of hydrogen-bond acceptors (Lipinski definition) is 6. The zero-order valence-electron chi connectivity index (χ0n) is 10.1. The molecule has 3 rings (SSSR count). The molecule has 5 N–H and O–H groups in total. The topological polar surface area (TPSA) is 122 Å². The fourth-order valence-corrected chi connectivity index (χ4v) is 2.84. The number of aromatic amines is 1. The average molecular weight is 265 g/mol. The second-order valence-electron chi connectivity index (χ2n) is 4.93. The molecule has 0 amide bonds. The molecule has 2 aromatic heterocycles. The van der Waals surface area contributed by atoms with Crippen molar-refractivity contribution in [2.24, 2.45) is 5.92 Å². The van der Waals surface area contributed by atoms with Crippen LogP contribution < -0.4 is 0 Å². The normalized spacial score (nSPS) is 31.1. The number of nitrogens with zero attached hydrogens (tertiary/aromatic N) is 2. The molecule has 0 aromatic carbocycles. The highest BCUT2D eigenvalue weighted by molar-refractivity contribution is 5.83. The van der Waals surface area contributed by atoms with Gasteiger partial charge in [-0.05, 0) is 6.42 Å². The zero-order valence-corrected chi connectivity index (χ0v) is 10.1. The maximum atomic E-state index is 10.1. The minimum Gasteiger partial charge on any atom is -0.492 e. The van der Waals surface area contributed by atoms with Crippen LogP contribution in [0.2, 0.25) is 0 Å². The van der Waals surface area contributed by atoms with Crippen molar-refractivity contribution in [2.75, 3.05) is 6.61 Å². The highest BCUT2D eigenvalue weighted by Gasteiger charge is 2.42. The maximum absolute atomic E-state index is 10.1. The minimum atomic E-state index is -0.951. The molecule has 0 bridgehead atoms. The smallest absolute Gasteiger partial charge is 0.239 e. The molecule has 0 aliphatic heterocycles. The van der Waals surface area contributed by atoms with Gasteiger partial charge in [0, 0.05) is 30.2 Å². The van der Waals surface area contributed by atoms with Gasteiger partial charge in [0.15, 0.2) is 0 Å². The summed E-state index contributed by atoms with van der Waals surface area (Å²) < 4.78 is 0. The molecule has 0 radical (unpaired) electrons. The summed E-state index contributed by atoms with van der Waals surface area (Å²) in [5, 5.41) is 38.7. The van der Waals surface area contributed by atoms with Crippen LogP contribution in [-0.4, -0.2) is 54.2 Å². The predicted molar refractivity (Wildman–Crippen MR) is 65.5 cm³/mol. The van der Waals surface area contributed by atoms with Gasteiger partial charge in [0.2, 0.25) is 5.88 Å². The fraction of sp³-hybridized carbons (Fsp3) is 0.500. The van der Waals surface area contributed by atoms with Crippen LogP contribution in [0.15, 0.2) is 12.5 Å². The second-order valence-corrected chi connectivity index (χ2v) is 4.93. The molecule has 1 aliphatic carbocycles. The Morgan fingerprint density at radius 2 is 2.05 bits per heavy atom. The van der Waals surface area contributed by atoms with Crippen molar-refractivity contribution in [3.05, 3.63) is 18.1 Å². The Bertz CT molecular complexity index is 600. The summed E-state index contributed by atoms with van der Waals surface area (Å²) in [6.45, 7) is -0.169. The summed E-state index contributed by atoms with van der Waals surface area (Å²) in [6.07, 6.45) is 1.47. The largest absolute Gasteiger partial charge is 0.492 e. The van der Waals surface area contributed by atoms with Gasteiger partial charge in [-0.15, -0.1) is 0 Å². The molecule has 2 unspecified atom stereocenters. The molecular formula is C12H15N3O4. The van der Waals surface area contributed by atoms with Gasteiger partial charge in [-0.2, -0.15) is 0 Å². The zero-order chi connectivity index (χ0) is 13.6. The Kier molecular flexibility index (Phi) is 2.89. The molecule has 7 heteroatoms. The van der Waals surface area contributed by atoms with Crippen molar-refractivity contribution in [3.63, 3.8) is 0 Å². The first kappa shape index (κ1) is 12.3. The van der Waals surface area contributed by atoms with Gasteiger partial charge in [-0.3, -0.25) is 0 Å². The molecule has 2 aromatic rings. The summed E-state index contributed by atoms with van der Waals surface area (Å²) in [7, 11) is 0. The van der Waals surface area contributed by atoms with E-state index in [2.05, 4.69) is 15.0 Å². The molecular weight excluding hydrogens is 250 g/mol. The van der Waals surface area contributed by atoms with Gasteiger partial charge in [0.1, 0.15) is 11.8 Å².